The van der Waals surface area contributed by atoms with Crippen LogP contribution in [0.3, 0.4) is 0 Å². The zero-order valence-corrected chi connectivity index (χ0v) is 14.0. The van der Waals surface area contributed by atoms with Crippen LogP contribution in [-0.2, 0) is 0 Å². The van der Waals surface area contributed by atoms with Gasteiger partial charge in [0.1, 0.15) is 0 Å². The number of amides is 1. The first-order chi connectivity index (χ1) is 11.1. The van der Waals surface area contributed by atoms with E-state index >= 15 is 0 Å². The van der Waals surface area contributed by atoms with Crippen molar-refractivity contribution in [3.63, 3.8) is 0 Å². The Kier molecular flexibility index (Phi) is 4.68. The van der Waals surface area contributed by atoms with Crippen LogP contribution in [0.2, 0.25) is 0 Å². The summed E-state index contributed by atoms with van der Waals surface area (Å²) in [6.45, 7) is 6.29. The lowest BCUT2D eigenvalue weighted by Gasteiger charge is -2.41. The predicted octanol–water partition coefficient (Wildman–Crippen LogP) is 3.04. The number of likely N-dealkylation sites (tertiary alicyclic amines) is 2. The van der Waals surface area contributed by atoms with E-state index in [9.17, 15) is 4.79 Å². The molecule has 0 spiro atoms. The van der Waals surface area contributed by atoms with Crippen molar-refractivity contribution in [3.05, 3.63) is 35.4 Å². The summed E-state index contributed by atoms with van der Waals surface area (Å²) < 4.78 is 0. The second-order valence-corrected chi connectivity index (χ2v) is 6.96. The van der Waals surface area contributed by atoms with Gasteiger partial charge in [-0.05, 0) is 63.8 Å². The van der Waals surface area contributed by atoms with Gasteiger partial charge in [0, 0.05) is 36.8 Å². The van der Waals surface area contributed by atoms with Gasteiger partial charge in [0.2, 0.25) is 0 Å². The predicted molar refractivity (Wildman–Crippen MR) is 90.1 cm³/mol. The van der Waals surface area contributed by atoms with Crippen molar-refractivity contribution in [2.24, 2.45) is 0 Å². The Morgan fingerprint density at radius 2 is 1.78 bits per heavy atom. The number of carbonyl (C=O) groups is 1. The van der Waals surface area contributed by atoms with E-state index in [1.54, 1.807) is 24.3 Å². The van der Waals surface area contributed by atoms with Gasteiger partial charge in [-0.3, -0.25) is 9.69 Å². The van der Waals surface area contributed by atoms with Crippen LogP contribution in [0.25, 0.3) is 0 Å². The summed E-state index contributed by atoms with van der Waals surface area (Å²) in [7, 11) is 0. The quantitative estimate of drug-likeness (QED) is 0.843. The number of carbonyl (C=O) groups excluding carboxylic acids is 1. The number of piperidine rings is 1. The van der Waals surface area contributed by atoms with Crippen LogP contribution in [0.15, 0.2) is 24.3 Å². The SMILES string of the molecule is C[C@@H]1CC[C@@H](C)N1[C@H]1CCCN(C(=O)c2ccc(C#N)cc2)C1. The molecule has 23 heavy (non-hydrogen) atoms. The van der Waals surface area contributed by atoms with E-state index < -0.39 is 0 Å². The van der Waals surface area contributed by atoms with E-state index in [1.165, 1.54) is 19.3 Å². The number of rotatable bonds is 2. The minimum absolute atomic E-state index is 0.0960. The fraction of sp³-hybridized carbons (Fsp3) is 0.579. The van der Waals surface area contributed by atoms with E-state index in [0.29, 0.717) is 29.3 Å². The number of nitrogens with zero attached hydrogens (tertiary/aromatic N) is 3. The van der Waals surface area contributed by atoms with Crippen LogP contribution < -0.4 is 0 Å². The molecule has 2 fully saturated rings. The highest BCUT2D eigenvalue weighted by Gasteiger charge is 2.36. The molecule has 0 radical (unpaired) electrons. The maximum atomic E-state index is 12.7. The minimum atomic E-state index is 0.0960. The van der Waals surface area contributed by atoms with Gasteiger partial charge in [-0.25, -0.2) is 0 Å². The molecule has 3 rings (SSSR count). The van der Waals surface area contributed by atoms with E-state index in [2.05, 4.69) is 24.8 Å². The largest absolute Gasteiger partial charge is 0.337 e. The molecule has 0 bridgehead atoms. The van der Waals surface area contributed by atoms with Gasteiger partial charge in [-0.1, -0.05) is 0 Å². The second kappa shape index (κ2) is 6.72. The zero-order valence-electron chi connectivity index (χ0n) is 14.0. The Morgan fingerprint density at radius 3 is 2.39 bits per heavy atom. The third-order valence-electron chi connectivity index (χ3n) is 5.39. The number of hydrogen-bond acceptors (Lipinski definition) is 3. The molecule has 2 heterocycles. The van der Waals surface area contributed by atoms with Crippen LogP contribution in [0.5, 0.6) is 0 Å². The fourth-order valence-corrected chi connectivity index (χ4v) is 4.19. The van der Waals surface area contributed by atoms with Gasteiger partial charge >= 0.3 is 0 Å². The van der Waals surface area contributed by atoms with E-state index in [0.717, 1.165) is 19.5 Å². The monoisotopic (exact) mass is 311 g/mol. The highest BCUT2D eigenvalue weighted by atomic mass is 16.2. The molecule has 0 aliphatic carbocycles. The van der Waals surface area contributed by atoms with Crippen molar-refractivity contribution in [1.82, 2.24) is 9.80 Å². The standard InChI is InChI=1S/C19H25N3O/c1-14-5-6-15(2)22(14)18-4-3-11-21(13-18)19(23)17-9-7-16(12-20)8-10-17/h7-10,14-15,18H,3-6,11,13H2,1-2H3/t14-,15-,18+/m1/s1. The molecule has 2 aliphatic heterocycles. The van der Waals surface area contributed by atoms with Gasteiger partial charge in [0.15, 0.2) is 0 Å². The summed E-state index contributed by atoms with van der Waals surface area (Å²) in [5.41, 5.74) is 1.28. The minimum Gasteiger partial charge on any atom is -0.337 e. The fourth-order valence-electron chi connectivity index (χ4n) is 4.19. The third-order valence-corrected chi connectivity index (χ3v) is 5.39. The van der Waals surface area contributed by atoms with Crippen LogP contribution in [0, 0.1) is 11.3 Å². The van der Waals surface area contributed by atoms with Crippen molar-refractivity contribution >= 4 is 5.91 Å². The highest BCUT2D eigenvalue weighted by molar-refractivity contribution is 5.94. The number of nitriles is 1. The van der Waals surface area contributed by atoms with Crippen LogP contribution >= 0.6 is 0 Å². The molecule has 4 nitrogen and oxygen atoms in total. The molecule has 0 aromatic heterocycles. The highest BCUT2D eigenvalue weighted by Crippen LogP contribution is 2.30. The maximum Gasteiger partial charge on any atom is 0.253 e. The molecule has 2 aliphatic rings. The summed E-state index contributed by atoms with van der Waals surface area (Å²) in [5, 5.41) is 8.87. The molecular weight excluding hydrogens is 286 g/mol. The van der Waals surface area contributed by atoms with Crippen LogP contribution in [0.4, 0.5) is 0 Å². The van der Waals surface area contributed by atoms with Gasteiger partial charge in [0.05, 0.1) is 11.6 Å². The van der Waals surface area contributed by atoms with Crippen molar-refractivity contribution in [1.29, 1.82) is 5.26 Å². The lowest BCUT2D eigenvalue weighted by Crippen LogP contribution is -2.52. The van der Waals surface area contributed by atoms with Crippen LogP contribution in [0.1, 0.15) is 55.5 Å². The van der Waals surface area contributed by atoms with E-state index in [-0.39, 0.29) is 5.91 Å². The molecule has 1 aromatic rings. The summed E-state index contributed by atoms with van der Waals surface area (Å²) in [6.07, 6.45) is 4.79. The first-order valence-electron chi connectivity index (χ1n) is 8.67. The lowest BCUT2D eigenvalue weighted by atomic mass is 10.0. The Balaban J connectivity index is 1.70. The summed E-state index contributed by atoms with van der Waals surface area (Å²) in [4.78, 5) is 17.4. The average molecular weight is 311 g/mol. The first-order valence-corrected chi connectivity index (χ1v) is 8.67. The Bertz CT molecular complexity index is 594. The molecule has 1 amide bonds. The van der Waals surface area contributed by atoms with Crippen molar-refractivity contribution in [2.45, 2.75) is 57.7 Å². The third kappa shape index (κ3) is 3.25. The topological polar surface area (TPSA) is 47.3 Å². The van der Waals surface area contributed by atoms with Crippen molar-refractivity contribution in [2.75, 3.05) is 13.1 Å². The molecule has 0 unspecified atom stereocenters. The number of benzene rings is 1. The molecule has 1 aromatic carbocycles. The molecular formula is C19H25N3O. The smallest absolute Gasteiger partial charge is 0.253 e. The summed E-state index contributed by atoms with van der Waals surface area (Å²) in [5.74, 6) is 0.0960. The number of hydrogen-bond donors (Lipinski definition) is 0. The summed E-state index contributed by atoms with van der Waals surface area (Å²) in [6, 6.07) is 10.8. The van der Waals surface area contributed by atoms with E-state index in [4.69, 9.17) is 5.26 Å². The second-order valence-electron chi connectivity index (χ2n) is 6.96. The van der Waals surface area contributed by atoms with Gasteiger partial charge in [-0.2, -0.15) is 5.26 Å². The average Bonchev–Trinajstić information content (AvgIpc) is 2.93. The first kappa shape index (κ1) is 16.0. The lowest BCUT2D eigenvalue weighted by molar-refractivity contribution is 0.0487. The zero-order chi connectivity index (χ0) is 16.4. The van der Waals surface area contributed by atoms with Gasteiger partial charge < -0.3 is 4.90 Å². The molecule has 0 saturated carbocycles. The molecule has 3 atom stereocenters. The molecule has 4 heteroatoms. The van der Waals surface area contributed by atoms with Crippen LogP contribution in [-0.4, -0.2) is 46.9 Å². The van der Waals surface area contributed by atoms with Gasteiger partial charge in [-0.15, -0.1) is 0 Å². The molecule has 2 saturated heterocycles. The van der Waals surface area contributed by atoms with Crippen molar-refractivity contribution < 1.29 is 4.79 Å². The Hall–Kier alpha value is -1.86. The van der Waals surface area contributed by atoms with E-state index in [1.807, 2.05) is 4.90 Å². The Labute approximate surface area is 138 Å². The molecule has 0 N–H and O–H groups in total. The van der Waals surface area contributed by atoms with Crippen molar-refractivity contribution in [3.8, 4) is 6.07 Å². The molecule has 122 valence electrons. The normalized spacial score (nSPS) is 28.6. The maximum absolute atomic E-state index is 12.7. The van der Waals surface area contributed by atoms with Gasteiger partial charge in [0.25, 0.3) is 5.91 Å². The summed E-state index contributed by atoms with van der Waals surface area (Å²) >= 11 is 0. The Morgan fingerprint density at radius 1 is 1.13 bits per heavy atom.